The van der Waals surface area contributed by atoms with Crippen molar-refractivity contribution in [3.8, 4) is 0 Å². The molecule has 2 rings (SSSR count). The predicted octanol–water partition coefficient (Wildman–Crippen LogP) is 4.02. The van der Waals surface area contributed by atoms with Crippen LogP contribution in [-0.4, -0.2) is 11.0 Å². The topological polar surface area (TPSA) is 54.0 Å². The maximum Gasteiger partial charge on any atom is 0.319 e. The number of aryl methyl sites for hydroxylation is 1. The summed E-state index contributed by atoms with van der Waals surface area (Å²) in [7, 11) is 0. The molecule has 0 aliphatic heterocycles. The summed E-state index contributed by atoms with van der Waals surface area (Å²) in [5, 5.41) is 6.51. The van der Waals surface area contributed by atoms with Crippen molar-refractivity contribution in [2.24, 2.45) is 0 Å². The number of pyridine rings is 1. The van der Waals surface area contributed by atoms with E-state index in [1.807, 2.05) is 13.0 Å². The minimum Gasteiger partial charge on any atom is -0.334 e. The average molecular weight is 310 g/mol. The fourth-order valence-electron chi connectivity index (χ4n) is 1.64. The molecule has 20 heavy (non-hydrogen) atoms. The Morgan fingerprint density at radius 2 is 2.05 bits per heavy atom. The Kier molecular flexibility index (Phi) is 4.82. The number of nitrogens with zero attached hydrogens (tertiary/aromatic N) is 1. The van der Waals surface area contributed by atoms with Crippen molar-refractivity contribution in [2.45, 2.75) is 13.5 Å². The highest BCUT2D eigenvalue weighted by Gasteiger charge is 2.05. The highest BCUT2D eigenvalue weighted by Crippen LogP contribution is 2.20. The molecular weight excluding hydrogens is 297 g/mol. The van der Waals surface area contributed by atoms with Gasteiger partial charge in [-0.05, 0) is 36.2 Å². The largest absolute Gasteiger partial charge is 0.334 e. The number of halogens is 2. The summed E-state index contributed by atoms with van der Waals surface area (Å²) in [5.74, 6) is 0. The minimum absolute atomic E-state index is 0.316. The zero-order chi connectivity index (χ0) is 14.5. The van der Waals surface area contributed by atoms with Gasteiger partial charge in [-0.15, -0.1) is 0 Å². The van der Waals surface area contributed by atoms with Crippen molar-refractivity contribution >= 4 is 34.9 Å². The van der Waals surface area contributed by atoms with Gasteiger partial charge in [0.15, 0.2) is 0 Å². The van der Waals surface area contributed by atoms with Crippen molar-refractivity contribution < 1.29 is 4.79 Å². The molecule has 0 saturated carbocycles. The number of benzene rings is 1. The molecule has 1 aromatic heterocycles. The molecule has 0 aliphatic rings. The second-order valence-electron chi connectivity index (χ2n) is 4.29. The zero-order valence-electron chi connectivity index (χ0n) is 10.8. The molecule has 0 spiro atoms. The third kappa shape index (κ3) is 4.11. The van der Waals surface area contributed by atoms with Gasteiger partial charge in [0.1, 0.15) is 0 Å². The molecule has 2 aromatic rings. The van der Waals surface area contributed by atoms with Crippen LogP contribution in [0.1, 0.15) is 11.1 Å². The van der Waals surface area contributed by atoms with E-state index in [0.717, 1.165) is 11.1 Å². The molecular formula is C14H13Cl2N3O. The molecule has 0 radical (unpaired) electrons. The van der Waals surface area contributed by atoms with Gasteiger partial charge < -0.3 is 10.6 Å². The van der Waals surface area contributed by atoms with Gasteiger partial charge in [-0.1, -0.05) is 29.3 Å². The van der Waals surface area contributed by atoms with Crippen molar-refractivity contribution in [2.75, 3.05) is 5.32 Å². The molecule has 0 saturated heterocycles. The first kappa shape index (κ1) is 14.6. The summed E-state index contributed by atoms with van der Waals surface area (Å²) in [5.41, 5.74) is 2.42. The van der Waals surface area contributed by atoms with E-state index in [4.69, 9.17) is 23.2 Å². The van der Waals surface area contributed by atoms with E-state index in [1.54, 1.807) is 30.6 Å². The number of aromatic nitrogens is 1. The zero-order valence-corrected chi connectivity index (χ0v) is 12.3. The van der Waals surface area contributed by atoms with E-state index < -0.39 is 0 Å². The third-order valence-corrected chi connectivity index (χ3v) is 3.17. The lowest BCUT2D eigenvalue weighted by Crippen LogP contribution is -2.28. The molecule has 104 valence electrons. The lowest BCUT2D eigenvalue weighted by Gasteiger charge is -2.09. The Balaban J connectivity index is 1.92. The van der Waals surface area contributed by atoms with Crippen LogP contribution in [0, 0.1) is 6.92 Å². The minimum atomic E-state index is -0.316. The first-order valence-corrected chi connectivity index (χ1v) is 6.70. The van der Waals surface area contributed by atoms with E-state index >= 15 is 0 Å². The van der Waals surface area contributed by atoms with Crippen molar-refractivity contribution in [3.05, 3.63) is 57.8 Å². The fraction of sp³-hybridized carbons (Fsp3) is 0.143. The number of carbonyl (C=O) groups is 1. The van der Waals surface area contributed by atoms with Crippen LogP contribution in [0.25, 0.3) is 0 Å². The van der Waals surface area contributed by atoms with Crippen LogP contribution >= 0.6 is 23.2 Å². The Hall–Kier alpha value is -1.78. The van der Waals surface area contributed by atoms with Crippen molar-refractivity contribution in [3.63, 3.8) is 0 Å². The van der Waals surface area contributed by atoms with E-state index in [-0.39, 0.29) is 6.03 Å². The number of nitrogens with one attached hydrogen (secondary N) is 2. The van der Waals surface area contributed by atoms with Gasteiger partial charge in [0.25, 0.3) is 0 Å². The monoisotopic (exact) mass is 309 g/mol. The normalized spacial score (nSPS) is 10.2. The molecule has 0 fully saturated rings. The smallest absolute Gasteiger partial charge is 0.319 e. The van der Waals surface area contributed by atoms with Crippen molar-refractivity contribution in [1.29, 1.82) is 0 Å². The summed E-state index contributed by atoms with van der Waals surface area (Å²) in [4.78, 5) is 15.8. The van der Waals surface area contributed by atoms with Crippen LogP contribution in [-0.2, 0) is 6.54 Å². The van der Waals surface area contributed by atoms with E-state index in [1.165, 1.54) is 0 Å². The molecule has 2 N–H and O–H groups in total. The molecule has 1 heterocycles. The van der Waals surface area contributed by atoms with Gasteiger partial charge in [-0.3, -0.25) is 4.98 Å². The maximum absolute atomic E-state index is 11.8. The lowest BCUT2D eigenvalue weighted by atomic mass is 10.2. The maximum atomic E-state index is 11.8. The summed E-state index contributed by atoms with van der Waals surface area (Å²) in [6, 6.07) is 6.67. The van der Waals surface area contributed by atoms with Gasteiger partial charge in [0, 0.05) is 22.8 Å². The molecule has 0 aliphatic carbocycles. The molecule has 0 atom stereocenters. The summed E-state index contributed by atoms with van der Waals surface area (Å²) in [6.07, 6.45) is 3.30. The van der Waals surface area contributed by atoms with Crippen molar-refractivity contribution in [1.82, 2.24) is 10.3 Å². The second-order valence-corrected chi connectivity index (χ2v) is 5.14. The average Bonchev–Trinajstić information content (AvgIpc) is 2.37. The quantitative estimate of drug-likeness (QED) is 0.899. The highest BCUT2D eigenvalue weighted by atomic mass is 35.5. The molecule has 4 nitrogen and oxygen atoms in total. The van der Waals surface area contributed by atoms with Gasteiger partial charge in [-0.25, -0.2) is 4.79 Å². The first-order valence-electron chi connectivity index (χ1n) is 5.95. The third-order valence-electron chi connectivity index (χ3n) is 2.59. The molecule has 1 aromatic carbocycles. The van der Waals surface area contributed by atoms with E-state index in [0.29, 0.717) is 22.3 Å². The fourth-order valence-corrected chi connectivity index (χ4v) is 2.11. The molecule has 6 heteroatoms. The Morgan fingerprint density at radius 1 is 1.25 bits per heavy atom. The number of carbonyl (C=O) groups excluding carboxylic acids is 1. The molecule has 0 unspecified atom stereocenters. The van der Waals surface area contributed by atoms with Gasteiger partial charge in [-0.2, -0.15) is 0 Å². The van der Waals surface area contributed by atoms with Gasteiger partial charge >= 0.3 is 6.03 Å². The standard InChI is InChI=1S/C14H13Cl2N3O/c1-9-4-12(8-17-6-9)19-14(20)18-7-10-2-3-11(15)5-13(10)16/h2-6,8H,7H2,1H3,(H2,18,19,20). The summed E-state index contributed by atoms with van der Waals surface area (Å²) >= 11 is 11.8. The van der Waals surface area contributed by atoms with Crippen LogP contribution in [0.5, 0.6) is 0 Å². The van der Waals surface area contributed by atoms with Crippen LogP contribution < -0.4 is 10.6 Å². The molecule has 2 amide bonds. The SMILES string of the molecule is Cc1cncc(NC(=O)NCc2ccc(Cl)cc2Cl)c1. The Morgan fingerprint density at radius 3 is 2.75 bits per heavy atom. The first-order chi connectivity index (χ1) is 9.54. The summed E-state index contributed by atoms with van der Waals surface area (Å²) < 4.78 is 0. The van der Waals surface area contributed by atoms with Crippen LogP contribution in [0.3, 0.4) is 0 Å². The number of hydrogen-bond acceptors (Lipinski definition) is 2. The summed E-state index contributed by atoms with van der Waals surface area (Å²) in [6.45, 7) is 2.23. The number of urea groups is 1. The van der Waals surface area contributed by atoms with Gasteiger partial charge in [0.05, 0.1) is 11.9 Å². The molecule has 0 bridgehead atoms. The predicted molar refractivity (Wildman–Crippen MR) is 81.3 cm³/mol. The van der Waals surface area contributed by atoms with Crippen LogP contribution in [0.2, 0.25) is 10.0 Å². The number of rotatable bonds is 3. The number of amides is 2. The second kappa shape index (κ2) is 6.59. The van der Waals surface area contributed by atoms with E-state index in [9.17, 15) is 4.79 Å². The van der Waals surface area contributed by atoms with E-state index in [2.05, 4.69) is 15.6 Å². The van der Waals surface area contributed by atoms with Gasteiger partial charge in [0.2, 0.25) is 0 Å². The van der Waals surface area contributed by atoms with Crippen LogP contribution in [0.15, 0.2) is 36.7 Å². The number of hydrogen-bond donors (Lipinski definition) is 2. The Bertz CT molecular complexity index is 632. The highest BCUT2D eigenvalue weighted by molar-refractivity contribution is 6.35. The number of anilines is 1. The van der Waals surface area contributed by atoms with Crippen LogP contribution in [0.4, 0.5) is 10.5 Å². The lowest BCUT2D eigenvalue weighted by molar-refractivity contribution is 0.251. The Labute approximate surface area is 127 Å².